The number of rotatable bonds is 5. The lowest BCUT2D eigenvalue weighted by molar-refractivity contribution is 0.577. The average molecular weight is 259 g/mol. The van der Waals surface area contributed by atoms with Gasteiger partial charge in [0.25, 0.3) is 0 Å². The van der Waals surface area contributed by atoms with Crippen LogP contribution in [0.1, 0.15) is 25.6 Å². The Labute approximate surface area is 114 Å². The van der Waals surface area contributed by atoms with Crippen molar-refractivity contribution in [2.24, 2.45) is 0 Å². The van der Waals surface area contributed by atoms with Crippen LogP contribution in [0.25, 0.3) is 0 Å². The molecule has 2 aromatic rings. The van der Waals surface area contributed by atoms with E-state index in [0.29, 0.717) is 6.04 Å². The molecule has 0 bridgehead atoms. The Bertz CT molecular complexity index is 530. The largest absolute Gasteiger partial charge is 0.376 e. The van der Waals surface area contributed by atoms with Crippen LogP contribution in [0.2, 0.25) is 0 Å². The maximum Gasteiger partial charge on any atom is 0.151 e. The number of anilines is 2. The van der Waals surface area contributed by atoms with Crippen molar-refractivity contribution in [3.63, 3.8) is 0 Å². The van der Waals surface area contributed by atoms with Gasteiger partial charge in [0.15, 0.2) is 5.82 Å². The van der Waals surface area contributed by atoms with Crippen LogP contribution in [-0.2, 0) is 6.54 Å². The van der Waals surface area contributed by atoms with Crippen LogP contribution in [0, 0.1) is 0 Å². The summed E-state index contributed by atoms with van der Waals surface area (Å²) >= 11 is 0. The lowest BCUT2D eigenvalue weighted by Gasteiger charge is -2.18. The number of nitrogens with zero attached hydrogens (tertiary/aromatic N) is 4. The van der Waals surface area contributed by atoms with Crippen LogP contribution < -0.4 is 10.2 Å². The number of nitrogens with one attached hydrogen (secondary N) is 1. The highest BCUT2D eigenvalue weighted by Crippen LogP contribution is 2.21. The van der Waals surface area contributed by atoms with Crippen molar-refractivity contribution in [2.45, 2.75) is 26.4 Å². The zero-order valence-electron chi connectivity index (χ0n) is 12.0. The van der Waals surface area contributed by atoms with Gasteiger partial charge in [0.1, 0.15) is 0 Å². The standard InChI is InChI=1S/C14H21N5/c1-11(2)19-10-15-8-12(19)9-17-13-6-5-7-16-14(13)18(3)4/h5-8,10-11,17H,9H2,1-4H3. The third kappa shape index (κ3) is 3.05. The van der Waals surface area contributed by atoms with Gasteiger partial charge in [-0.1, -0.05) is 0 Å². The molecule has 0 aliphatic carbocycles. The van der Waals surface area contributed by atoms with Crippen LogP contribution in [0.15, 0.2) is 30.9 Å². The van der Waals surface area contributed by atoms with Crippen molar-refractivity contribution in [1.82, 2.24) is 14.5 Å². The SMILES string of the molecule is CC(C)n1cncc1CNc1cccnc1N(C)C. The quantitative estimate of drug-likeness (QED) is 0.896. The van der Waals surface area contributed by atoms with Crippen LogP contribution >= 0.6 is 0 Å². The van der Waals surface area contributed by atoms with E-state index in [4.69, 9.17) is 0 Å². The summed E-state index contributed by atoms with van der Waals surface area (Å²) in [7, 11) is 3.98. The molecule has 0 amide bonds. The smallest absolute Gasteiger partial charge is 0.151 e. The number of imidazole rings is 1. The molecule has 0 aliphatic heterocycles. The van der Waals surface area contributed by atoms with Crippen molar-refractivity contribution in [3.05, 3.63) is 36.5 Å². The van der Waals surface area contributed by atoms with E-state index in [1.165, 1.54) is 5.69 Å². The van der Waals surface area contributed by atoms with E-state index in [1.807, 2.05) is 43.7 Å². The first-order valence-electron chi connectivity index (χ1n) is 6.46. The Kier molecular flexibility index (Phi) is 4.04. The molecule has 0 saturated carbocycles. The summed E-state index contributed by atoms with van der Waals surface area (Å²) in [4.78, 5) is 10.6. The van der Waals surface area contributed by atoms with Crippen molar-refractivity contribution in [3.8, 4) is 0 Å². The molecule has 0 spiro atoms. The fourth-order valence-corrected chi connectivity index (χ4v) is 2.01. The molecule has 0 aliphatic rings. The van der Waals surface area contributed by atoms with Gasteiger partial charge in [0.05, 0.1) is 24.3 Å². The summed E-state index contributed by atoms with van der Waals surface area (Å²) in [6.07, 6.45) is 5.58. The highest BCUT2D eigenvalue weighted by atomic mass is 15.2. The fraction of sp³-hybridized carbons (Fsp3) is 0.429. The maximum absolute atomic E-state index is 4.38. The van der Waals surface area contributed by atoms with Crippen LogP contribution in [0.5, 0.6) is 0 Å². The highest BCUT2D eigenvalue weighted by Gasteiger charge is 2.08. The van der Waals surface area contributed by atoms with Gasteiger partial charge in [-0.25, -0.2) is 9.97 Å². The van der Waals surface area contributed by atoms with E-state index in [-0.39, 0.29) is 0 Å². The van der Waals surface area contributed by atoms with E-state index in [9.17, 15) is 0 Å². The van der Waals surface area contributed by atoms with Crippen molar-refractivity contribution in [1.29, 1.82) is 0 Å². The zero-order chi connectivity index (χ0) is 13.8. The Morgan fingerprint density at radius 3 is 2.84 bits per heavy atom. The molecule has 2 heterocycles. The molecule has 5 heteroatoms. The average Bonchev–Trinajstić information content (AvgIpc) is 2.85. The molecule has 0 fully saturated rings. The molecule has 0 atom stereocenters. The molecule has 1 N–H and O–H groups in total. The highest BCUT2D eigenvalue weighted by molar-refractivity contribution is 5.64. The molecule has 0 saturated heterocycles. The van der Waals surface area contributed by atoms with Gasteiger partial charge in [-0.05, 0) is 26.0 Å². The van der Waals surface area contributed by atoms with Crippen molar-refractivity contribution in [2.75, 3.05) is 24.3 Å². The molecule has 19 heavy (non-hydrogen) atoms. The van der Waals surface area contributed by atoms with E-state index in [1.54, 1.807) is 6.20 Å². The van der Waals surface area contributed by atoms with E-state index >= 15 is 0 Å². The van der Waals surface area contributed by atoms with Gasteiger partial charge in [-0.15, -0.1) is 0 Å². The second kappa shape index (κ2) is 5.73. The van der Waals surface area contributed by atoms with Crippen molar-refractivity contribution >= 4 is 11.5 Å². The van der Waals surface area contributed by atoms with E-state index < -0.39 is 0 Å². The Morgan fingerprint density at radius 2 is 2.16 bits per heavy atom. The molecule has 0 radical (unpaired) electrons. The lowest BCUT2D eigenvalue weighted by atomic mass is 10.3. The third-order valence-electron chi connectivity index (χ3n) is 2.97. The molecular formula is C14H21N5. The predicted molar refractivity (Wildman–Crippen MR) is 78.5 cm³/mol. The molecule has 2 rings (SSSR count). The first kappa shape index (κ1) is 13.4. The summed E-state index contributed by atoms with van der Waals surface area (Å²) in [6.45, 7) is 5.05. The Balaban J connectivity index is 2.13. The Morgan fingerprint density at radius 1 is 1.37 bits per heavy atom. The number of hydrogen-bond acceptors (Lipinski definition) is 4. The molecule has 5 nitrogen and oxygen atoms in total. The predicted octanol–water partition coefficient (Wildman–Crippen LogP) is 2.54. The zero-order valence-corrected chi connectivity index (χ0v) is 12.0. The molecule has 102 valence electrons. The number of hydrogen-bond donors (Lipinski definition) is 1. The molecule has 0 unspecified atom stereocenters. The topological polar surface area (TPSA) is 46.0 Å². The second-order valence-corrected chi connectivity index (χ2v) is 5.01. The number of aromatic nitrogens is 3. The molecule has 2 aromatic heterocycles. The number of pyridine rings is 1. The van der Waals surface area contributed by atoms with Gasteiger partial charge >= 0.3 is 0 Å². The minimum Gasteiger partial charge on any atom is -0.376 e. The van der Waals surface area contributed by atoms with Crippen LogP contribution in [0.4, 0.5) is 11.5 Å². The summed E-state index contributed by atoms with van der Waals surface area (Å²) < 4.78 is 2.17. The first-order valence-corrected chi connectivity index (χ1v) is 6.46. The van der Waals surface area contributed by atoms with E-state index in [2.05, 4.69) is 33.7 Å². The van der Waals surface area contributed by atoms with Crippen LogP contribution in [0.3, 0.4) is 0 Å². The maximum atomic E-state index is 4.38. The minimum atomic E-state index is 0.418. The molecular weight excluding hydrogens is 238 g/mol. The lowest BCUT2D eigenvalue weighted by Crippen LogP contribution is -2.15. The third-order valence-corrected chi connectivity index (χ3v) is 2.97. The fourth-order valence-electron chi connectivity index (χ4n) is 2.01. The summed E-state index contributed by atoms with van der Waals surface area (Å²) in [5, 5.41) is 3.43. The van der Waals surface area contributed by atoms with Gasteiger partial charge in [0.2, 0.25) is 0 Å². The van der Waals surface area contributed by atoms with Gasteiger partial charge in [-0.2, -0.15) is 0 Å². The normalized spacial score (nSPS) is 10.8. The summed E-state index contributed by atoms with van der Waals surface area (Å²) in [5.41, 5.74) is 2.20. The summed E-state index contributed by atoms with van der Waals surface area (Å²) in [5.74, 6) is 0.943. The Hall–Kier alpha value is -2.04. The van der Waals surface area contributed by atoms with Gasteiger partial charge in [0, 0.05) is 32.5 Å². The monoisotopic (exact) mass is 259 g/mol. The van der Waals surface area contributed by atoms with E-state index in [0.717, 1.165) is 18.1 Å². The minimum absolute atomic E-state index is 0.418. The molecule has 0 aromatic carbocycles. The van der Waals surface area contributed by atoms with Crippen molar-refractivity contribution < 1.29 is 0 Å². The first-order chi connectivity index (χ1) is 9.09. The second-order valence-electron chi connectivity index (χ2n) is 5.01. The van der Waals surface area contributed by atoms with Gasteiger partial charge in [-0.3, -0.25) is 0 Å². The van der Waals surface area contributed by atoms with Gasteiger partial charge < -0.3 is 14.8 Å². The van der Waals surface area contributed by atoms with Crippen LogP contribution in [-0.4, -0.2) is 28.6 Å². The summed E-state index contributed by atoms with van der Waals surface area (Å²) in [6, 6.07) is 4.40.